The van der Waals surface area contributed by atoms with E-state index in [1.807, 2.05) is 0 Å². The summed E-state index contributed by atoms with van der Waals surface area (Å²) >= 11 is 0. The lowest BCUT2D eigenvalue weighted by molar-refractivity contribution is 0.0164. The summed E-state index contributed by atoms with van der Waals surface area (Å²) in [5.74, 6) is 0. The third-order valence-electron chi connectivity index (χ3n) is 3.45. The molecule has 0 aromatic heterocycles. The van der Waals surface area contributed by atoms with Crippen LogP contribution in [0.5, 0.6) is 0 Å². The Balaban J connectivity index is 2.96. The highest BCUT2D eigenvalue weighted by Gasteiger charge is 2.42. The van der Waals surface area contributed by atoms with Gasteiger partial charge in [0.25, 0.3) is 0 Å². The van der Waals surface area contributed by atoms with Crippen LogP contribution in [0.15, 0.2) is 0 Å². The van der Waals surface area contributed by atoms with Crippen LogP contribution >= 0.6 is 0 Å². The van der Waals surface area contributed by atoms with Crippen molar-refractivity contribution in [1.29, 1.82) is 0 Å². The van der Waals surface area contributed by atoms with Crippen molar-refractivity contribution in [3.8, 4) is 0 Å². The number of nitrogens with two attached hydrogens (primary N) is 1. The molecule has 1 rings (SSSR count). The standard InChI is InChI=1S/C10H22N2O3S/c1-9(2)16(13,14)12(3)10(8-11)4-6-15-7-5-10/h9H,4-8,11H2,1-3H3. The van der Waals surface area contributed by atoms with Gasteiger partial charge in [0, 0.05) is 26.8 Å². The molecule has 0 radical (unpaired) electrons. The zero-order chi connectivity index (χ0) is 12.4. The molecule has 0 aromatic carbocycles. The first kappa shape index (κ1) is 13.9. The van der Waals surface area contributed by atoms with Gasteiger partial charge in [0.15, 0.2) is 0 Å². The van der Waals surface area contributed by atoms with E-state index in [9.17, 15) is 8.42 Å². The molecule has 0 spiro atoms. The Kier molecular flexibility index (Phi) is 4.34. The van der Waals surface area contributed by atoms with Gasteiger partial charge < -0.3 is 10.5 Å². The van der Waals surface area contributed by atoms with E-state index >= 15 is 0 Å². The summed E-state index contributed by atoms with van der Waals surface area (Å²) in [7, 11) is -1.62. The lowest BCUT2D eigenvalue weighted by Gasteiger charge is -2.43. The molecular formula is C10H22N2O3S. The summed E-state index contributed by atoms with van der Waals surface area (Å²) in [6.45, 7) is 4.88. The highest BCUT2D eigenvalue weighted by Crippen LogP contribution is 2.29. The molecule has 6 heteroatoms. The van der Waals surface area contributed by atoms with Gasteiger partial charge in [0.1, 0.15) is 0 Å². The van der Waals surface area contributed by atoms with Crippen LogP contribution in [0.2, 0.25) is 0 Å². The molecule has 2 N–H and O–H groups in total. The molecule has 0 aromatic rings. The monoisotopic (exact) mass is 250 g/mol. The van der Waals surface area contributed by atoms with Crippen LogP contribution in [0.25, 0.3) is 0 Å². The van der Waals surface area contributed by atoms with Crippen molar-refractivity contribution in [3.63, 3.8) is 0 Å². The van der Waals surface area contributed by atoms with Crippen LogP contribution in [0.1, 0.15) is 26.7 Å². The van der Waals surface area contributed by atoms with Gasteiger partial charge in [-0.25, -0.2) is 8.42 Å². The molecule has 0 bridgehead atoms. The molecular weight excluding hydrogens is 228 g/mol. The minimum absolute atomic E-state index is 0.346. The van der Waals surface area contributed by atoms with Crippen molar-refractivity contribution in [2.75, 3.05) is 26.8 Å². The number of hydrogen-bond donors (Lipinski definition) is 1. The minimum atomic E-state index is -3.25. The van der Waals surface area contributed by atoms with E-state index in [2.05, 4.69) is 0 Å². The first-order valence-electron chi connectivity index (χ1n) is 5.62. The summed E-state index contributed by atoms with van der Waals surface area (Å²) in [5, 5.41) is -0.413. The van der Waals surface area contributed by atoms with Crippen LogP contribution in [0.4, 0.5) is 0 Å². The second-order valence-corrected chi connectivity index (χ2v) is 7.12. The largest absolute Gasteiger partial charge is 0.381 e. The maximum absolute atomic E-state index is 12.1. The molecule has 5 nitrogen and oxygen atoms in total. The van der Waals surface area contributed by atoms with E-state index < -0.39 is 20.8 Å². The number of likely N-dealkylation sites (N-methyl/N-ethyl adjacent to an activating group) is 1. The Hall–Kier alpha value is -0.170. The lowest BCUT2D eigenvalue weighted by atomic mass is 9.90. The Labute approximate surface area is 98.0 Å². The van der Waals surface area contributed by atoms with Crippen LogP contribution in [0, 0.1) is 0 Å². The quantitative estimate of drug-likeness (QED) is 0.771. The molecule has 0 unspecified atom stereocenters. The van der Waals surface area contributed by atoms with Gasteiger partial charge in [-0.3, -0.25) is 0 Å². The van der Waals surface area contributed by atoms with Crippen molar-refractivity contribution < 1.29 is 13.2 Å². The maximum atomic E-state index is 12.1. The van der Waals surface area contributed by atoms with Crippen LogP contribution in [-0.2, 0) is 14.8 Å². The Bertz CT molecular complexity index is 321. The van der Waals surface area contributed by atoms with Gasteiger partial charge in [-0.2, -0.15) is 4.31 Å². The normalized spacial score (nSPS) is 21.6. The van der Waals surface area contributed by atoms with Crippen molar-refractivity contribution in [3.05, 3.63) is 0 Å². The van der Waals surface area contributed by atoms with Gasteiger partial charge in [-0.15, -0.1) is 0 Å². The molecule has 16 heavy (non-hydrogen) atoms. The third kappa shape index (κ3) is 2.40. The number of sulfonamides is 1. The van der Waals surface area contributed by atoms with E-state index in [0.29, 0.717) is 32.6 Å². The molecule has 1 saturated heterocycles. The average molecular weight is 250 g/mol. The topological polar surface area (TPSA) is 72.6 Å². The van der Waals surface area contributed by atoms with Crippen molar-refractivity contribution in [2.45, 2.75) is 37.5 Å². The Morgan fingerprint density at radius 1 is 1.38 bits per heavy atom. The first-order valence-corrected chi connectivity index (χ1v) is 7.13. The summed E-state index contributed by atoms with van der Waals surface area (Å²) in [6, 6.07) is 0. The molecule has 0 saturated carbocycles. The summed E-state index contributed by atoms with van der Waals surface area (Å²) in [5.41, 5.74) is 5.32. The Morgan fingerprint density at radius 3 is 2.25 bits per heavy atom. The van der Waals surface area contributed by atoms with Gasteiger partial charge in [0.2, 0.25) is 10.0 Å². The average Bonchev–Trinajstić information content (AvgIpc) is 2.28. The van der Waals surface area contributed by atoms with Crippen LogP contribution in [0.3, 0.4) is 0 Å². The number of hydrogen-bond acceptors (Lipinski definition) is 4. The predicted molar refractivity (Wildman–Crippen MR) is 63.7 cm³/mol. The van der Waals surface area contributed by atoms with Crippen molar-refractivity contribution in [2.24, 2.45) is 5.73 Å². The zero-order valence-corrected chi connectivity index (χ0v) is 11.1. The molecule has 96 valence electrons. The molecule has 1 heterocycles. The van der Waals surface area contributed by atoms with Gasteiger partial charge in [-0.05, 0) is 26.7 Å². The predicted octanol–water partition coefficient (Wildman–Crippen LogP) is 0.164. The van der Waals surface area contributed by atoms with Crippen LogP contribution in [-0.4, -0.2) is 50.3 Å². The maximum Gasteiger partial charge on any atom is 0.216 e. The van der Waals surface area contributed by atoms with E-state index in [0.717, 1.165) is 0 Å². The van der Waals surface area contributed by atoms with E-state index in [1.165, 1.54) is 4.31 Å². The smallest absolute Gasteiger partial charge is 0.216 e. The molecule has 0 amide bonds. The Morgan fingerprint density at radius 2 is 1.88 bits per heavy atom. The fraction of sp³-hybridized carbons (Fsp3) is 1.00. The molecule has 1 aliphatic heterocycles. The number of ether oxygens (including phenoxy) is 1. The molecule has 0 aliphatic carbocycles. The highest BCUT2D eigenvalue weighted by atomic mass is 32.2. The summed E-state index contributed by atoms with van der Waals surface area (Å²) in [6.07, 6.45) is 1.35. The summed E-state index contributed by atoms with van der Waals surface area (Å²) in [4.78, 5) is 0. The van der Waals surface area contributed by atoms with Gasteiger partial charge in [-0.1, -0.05) is 0 Å². The van der Waals surface area contributed by atoms with Gasteiger partial charge >= 0.3 is 0 Å². The zero-order valence-electron chi connectivity index (χ0n) is 10.3. The van der Waals surface area contributed by atoms with E-state index in [4.69, 9.17) is 10.5 Å². The SMILES string of the molecule is CC(C)S(=O)(=O)N(C)C1(CN)CCOCC1. The molecule has 1 fully saturated rings. The van der Waals surface area contributed by atoms with E-state index in [1.54, 1.807) is 20.9 Å². The third-order valence-corrected chi connectivity index (χ3v) is 5.79. The van der Waals surface area contributed by atoms with Crippen LogP contribution < -0.4 is 5.73 Å². The minimum Gasteiger partial charge on any atom is -0.381 e. The van der Waals surface area contributed by atoms with Gasteiger partial charge in [0.05, 0.1) is 10.8 Å². The fourth-order valence-corrected chi connectivity index (χ4v) is 3.41. The fourth-order valence-electron chi connectivity index (χ4n) is 1.99. The van der Waals surface area contributed by atoms with E-state index in [-0.39, 0.29) is 0 Å². The molecule has 0 atom stereocenters. The summed E-state index contributed by atoms with van der Waals surface area (Å²) < 4.78 is 31.0. The van der Waals surface area contributed by atoms with Crippen molar-refractivity contribution in [1.82, 2.24) is 4.31 Å². The second kappa shape index (κ2) is 5.00. The first-order chi connectivity index (χ1) is 7.37. The number of nitrogens with zero attached hydrogens (tertiary/aromatic N) is 1. The number of rotatable bonds is 4. The molecule has 1 aliphatic rings. The second-order valence-electron chi connectivity index (χ2n) is 4.60. The highest BCUT2D eigenvalue weighted by molar-refractivity contribution is 7.89. The lowest BCUT2D eigenvalue weighted by Crippen LogP contribution is -2.58. The van der Waals surface area contributed by atoms with Crippen molar-refractivity contribution >= 4 is 10.0 Å².